The van der Waals surface area contributed by atoms with Crippen LogP contribution in [0.4, 0.5) is 0 Å². The number of allylic oxidation sites excluding steroid dienone is 1. The molecular formula is C22H21BrN4OS. The van der Waals surface area contributed by atoms with Gasteiger partial charge in [0.15, 0.2) is 11.0 Å². The van der Waals surface area contributed by atoms with Gasteiger partial charge in [-0.1, -0.05) is 76.2 Å². The molecule has 0 aliphatic heterocycles. The number of rotatable bonds is 7. The van der Waals surface area contributed by atoms with Gasteiger partial charge < -0.3 is 5.32 Å². The van der Waals surface area contributed by atoms with E-state index >= 15 is 0 Å². The van der Waals surface area contributed by atoms with Gasteiger partial charge in [-0.15, -0.1) is 16.8 Å². The number of halogens is 1. The minimum absolute atomic E-state index is 0.0170. The smallest absolute Gasteiger partial charge is 0.230 e. The lowest BCUT2D eigenvalue weighted by Gasteiger charge is -2.12. The zero-order chi connectivity index (χ0) is 20.2. The highest BCUT2D eigenvalue weighted by Crippen LogP contribution is 2.29. The molecule has 0 saturated heterocycles. The fraction of sp³-hybridized carbons (Fsp3) is 0.227. The average molecular weight is 469 g/mol. The van der Waals surface area contributed by atoms with Crippen molar-refractivity contribution >= 4 is 33.6 Å². The summed E-state index contributed by atoms with van der Waals surface area (Å²) >= 11 is 4.97. The van der Waals surface area contributed by atoms with Crippen molar-refractivity contribution in [2.45, 2.75) is 30.6 Å². The van der Waals surface area contributed by atoms with E-state index in [0.717, 1.165) is 28.7 Å². The Labute approximate surface area is 182 Å². The lowest BCUT2D eigenvalue weighted by Crippen LogP contribution is -2.36. The highest BCUT2D eigenvalue weighted by atomic mass is 79.9. The van der Waals surface area contributed by atoms with E-state index in [0.29, 0.717) is 17.5 Å². The maximum absolute atomic E-state index is 12.5. The van der Waals surface area contributed by atoms with E-state index < -0.39 is 0 Å². The summed E-state index contributed by atoms with van der Waals surface area (Å²) in [5, 5.41) is 12.5. The number of amides is 1. The van der Waals surface area contributed by atoms with Crippen LogP contribution < -0.4 is 5.32 Å². The minimum atomic E-state index is 0.0170. The van der Waals surface area contributed by atoms with Gasteiger partial charge in [0, 0.05) is 22.6 Å². The molecule has 0 unspecified atom stereocenters. The van der Waals surface area contributed by atoms with Gasteiger partial charge in [-0.3, -0.25) is 9.36 Å². The van der Waals surface area contributed by atoms with Crippen LogP contribution in [0.3, 0.4) is 0 Å². The molecule has 1 N–H and O–H groups in total. The number of thioether (sulfide) groups is 1. The molecule has 29 heavy (non-hydrogen) atoms. The van der Waals surface area contributed by atoms with Crippen molar-refractivity contribution < 1.29 is 4.79 Å². The second-order valence-corrected chi connectivity index (χ2v) is 8.71. The first kappa shape index (κ1) is 19.9. The minimum Gasteiger partial charge on any atom is -0.352 e. The Balaban J connectivity index is 1.41. The molecule has 1 aromatic heterocycles. The molecule has 0 fully saturated rings. The van der Waals surface area contributed by atoms with Crippen molar-refractivity contribution in [3.8, 4) is 11.4 Å². The molecule has 5 nitrogen and oxygen atoms in total. The molecule has 7 heteroatoms. The van der Waals surface area contributed by atoms with Crippen LogP contribution in [-0.4, -0.2) is 32.5 Å². The zero-order valence-electron chi connectivity index (χ0n) is 15.8. The van der Waals surface area contributed by atoms with Crippen LogP contribution in [-0.2, 0) is 24.2 Å². The van der Waals surface area contributed by atoms with Crippen LogP contribution in [0.1, 0.15) is 11.1 Å². The summed E-state index contributed by atoms with van der Waals surface area (Å²) in [5.41, 5.74) is 3.62. The molecule has 4 rings (SSSR count). The van der Waals surface area contributed by atoms with Gasteiger partial charge in [-0.05, 0) is 30.0 Å². The number of nitrogens with one attached hydrogen (secondary N) is 1. The van der Waals surface area contributed by atoms with Crippen LogP contribution in [0.25, 0.3) is 11.4 Å². The summed E-state index contributed by atoms with van der Waals surface area (Å²) in [7, 11) is 0. The molecule has 1 heterocycles. The van der Waals surface area contributed by atoms with Crippen molar-refractivity contribution in [3.05, 3.63) is 76.8 Å². The quantitative estimate of drug-likeness (QED) is 0.415. The number of benzene rings is 2. The maximum Gasteiger partial charge on any atom is 0.230 e. The number of fused-ring (bicyclic) bond motifs is 1. The third kappa shape index (κ3) is 4.46. The normalized spacial score (nSPS) is 13.3. The number of nitrogens with zero attached hydrogens (tertiary/aromatic N) is 3. The number of hydrogen-bond donors (Lipinski definition) is 1. The predicted octanol–water partition coefficient (Wildman–Crippen LogP) is 4.27. The highest BCUT2D eigenvalue weighted by molar-refractivity contribution is 9.10. The molecule has 0 bridgehead atoms. The van der Waals surface area contributed by atoms with Crippen molar-refractivity contribution in [2.75, 3.05) is 5.75 Å². The zero-order valence-corrected chi connectivity index (χ0v) is 18.2. The second kappa shape index (κ2) is 8.97. The Kier molecular flexibility index (Phi) is 6.16. The van der Waals surface area contributed by atoms with Crippen molar-refractivity contribution in [3.63, 3.8) is 0 Å². The molecule has 1 amide bonds. The third-order valence-electron chi connectivity index (χ3n) is 4.89. The van der Waals surface area contributed by atoms with E-state index in [9.17, 15) is 4.79 Å². The summed E-state index contributed by atoms with van der Waals surface area (Å²) in [6, 6.07) is 16.4. The average Bonchev–Trinajstić information content (AvgIpc) is 3.30. The van der Waals surface area contributed by atoms with Gasteiger partial charge >= 0.3 is 0 Å². The summed E-state index contributed by atoms with van der Waals surface area (Å²) in [4.78, 5) is 12.5. The van der Waals surface area contributed by atoms with Gasteiger partial charge in [0.2, 0.25) is 5.91 Å². The van der Waals surface area contributed by atoms with Crippen molar-refractivity contribution in [1.82, 2.24) is 20.1 Å². The Hall–Kier alpha value is -2.38. The maximum atomic E-state index is 12.5. The van der Waals surface area contributed by atoms with E-state index in [1.165, 1.54) is 22.9 Å². The molecule has 0 atom stereocenters. The fourth-order valence-corrected chi connectivity index (χ4v) is 4.81. The van der Waals surface area contributed by atoms with Gasteiger partial charge in [0.05, 0.1) is 5.75 Å². The van der Waals surface area contributed by atoms with Crippen LogP contribution >= 0.6 is 27.7 Å². The fourth-order valence-electron chi connectivity index (χ4n) is 3.59. The first-order chi connectivity index (χ1) is 14.2. The molecule has 0 saturated carbocycles. The Bertz CT molecular complexity index is 1020. The standard InChI is InChI=1S/C22H21BrN4OS/c1-2-11-27-21(18-9-5-6-10-19(18)23)25-26-22(27)29-14-20(28)24-17-12-15-7-3-4-8-16(15)13-17/h2-10,17H,1,11-14H2,(H,24,28). The Morgan fingerprint density at radius 3 is 2.55 bits per heavy atom. The molecule has 0 radical (unpaired) electrons. The Morgan fingerprint density at radius 2 is 1.86 bits per heavy atom. The molecule has 1 aliphatic carbocycles. The van der Waals surface area contributed by atoms with E-state index in [1.807, 2.05) is 47.0 Å². The molecule has 2 aromatic carbocycles. The summed E-state index contributed by atoms with van der Waals surface area (Å²) in [6.45, 7) is 4.42. The third-order valence-corrected chi connectivity index (χ3v) is 6.55. The monoisotopic (exact) mass is 468 g/mol. The SMILES string of the molecule is C=CCn1c(SCC(=O)NC2Cc3ccccc3C2)nnc1-c1ccccc1Br. The predicted molar refractivity (Wildman–Crippen MR) is 120 cm³/mol. The number of carbonyl (C=O) groups excluding carboxylic acids is 1. The molecular weight excluding hydrogens is 448 g/mol. The molecule has 148 valence electrons. The largest absolute Gasteiger partial charge is 0.352 e. The van der Waals surface area contributed by atoms with E-state index in [-0.39, 0.29) is 11.9 Å². The van der Waals surface area contributed by atoms with Gasteiger partial charge in [-0.25, -0.2) is 0 Å². The number of aromatic nitrogens is 3. The van der Waals surface area contributed by atoms with E-state index in [4.69, 9.17) is 0 Å². The van der Waals surface area contributed by atoms with Crippen molar-refractivity contribution in [2.24, 2.45) is 0 Å². The number of carbonyl (C=O) groups is 1. The lowest BCUT2D eigenvalue weighted by atomic mass is 10.1. The summed E-state index contributed by atoms with van der Waals surface area (Å²) < 4.78 is 2.93. The van der Waals surface area contributed by atoms with Crippen LogP contribution in [0.2, 0.25) is 0 Å². The van der Waals surface area contributed by atoms with Crippen LogP contribution in [0.5, 0.6) is 0 Å². The van der Waals surface area contributed by atoms with Gasteiger partial charge in [0.25, 0.3) is 0 Å². The van der Waals surface area contributed by atoms with E-state index in [1.54, 1.807) is 0 Å². The van der Waals surface area contributed by atoms with E-state index in [2.05, 4.69) is 50.2 Å². The van der Waals surface area contributed by atoms with Crippen LogP contribution in [0.15, 0.2) is 70.8 Å². The lowest BCUT2D eigenvalue weighted by molar-refractivity contribution is -0.119. The first-order valence-electron chi connectivity index (χ1n) is 9.43. The molecule has 0 spiro atoms. The second-order valence-electron chi connectivity index (χ2n) is 6.92. The van der Waals surface area contributed by atoms with Gasteiger partial charge in [0.1, 0.15) is 0 Å². The summed E-state index contributed by atoms with van der Waals surface area (Å²) in [6.07, 6.45) is 3.60. The summed E-state index contributed by atoms with van der Waals surface area (Å²) in [5.74, 6) is 1.08. The van der Waals surface area contributed by atoms with Gasteiger partial charge in [-0.2, -0.15) is 0 Å². The van der Waals surface area contributed by atoms with Crippen molar-refractivity contribution in [1.29, 1.82) is 0 Å². The Morgan fingerprint density at radius 1 is 1.17 bits per heavy atom. The molecule has 3 aromatic rings. The number of hydrogen-bond acceptors (Lipinski definition) is 4. The topological polar surface area (TPSA) is 59.8 Å². The highest BCUT2D eigenvalue weighted by Gasteiger charge is 2.23. The first-order valence-corrected chi connectivity index (χ1v) is 11.2. The van der Waals surface area contributed by atoms with Crippen LogP contribution in [0, 0.1) is 0 Å². The molecule has 1 aliphatic rings.